The van der Waals surface area contributed by atoms with Crippen LogP contribution < -0.4 is 10.6 Å². The van der Waals surface area contributed by atoms with Crippen molar-refractivity contribution < 1.29 is 4.74 Å². The molecule has 0 aromatic heterocycles. The summed E-state index contributed by atoms with van der Waals surface area (Å²) in [7, 11) is 4.20. The van der Waals surface area contributed by atoms with E-state index in [9.17, 15) is 0 Å². The number of halogens is 1. The van der Waals surface area contributed by atoms with E-state index in [-0.39, 0.29) is 30.1 Å². The van der Waals surface area contributed by atoms with Crippen molar-refractivity contribution in [3.05, 3.63) is 35.9 Å². The molecule has 1 aromatic carbocycles. The maximum atomic E-state index is 5.89. The summed E-state index contributed by atoms with van der Waals surface area (Å²) in [6.45, 7) is 11.8. The number of hydrogen-bond donors (Lipinski definition) is 2. The van der Waals surface area contributed by atoms with Gasteiger partial charge in [0.2, 0.25) is 0 Å². The number of hydrogen-bond acceptors (Lipinski definition) is 4. The van der Waals surface area contributed by atoms with E-state index in [2.05, 4.69) is 85.6 Å². The second-order valence-electron chi connectivity index (χ2n) is 8.23. The normalized spacial score (nSPS) is 20.8. The largest absolute Gasteiger partial charge is 0.377 e. The molecule has 0 aliphatic carbocycles. The van der Waals surface area contributed by atoms with Crippen LogP contribution in [0, 0.1) is 0 Å². The van der Waals surface area contributed by atoms with Gasteiger partial charge in [-0.25, -0.2) is 0 Å². The molecule has 6 nitrogen and oxygen atoms in total. The highest BCUT2D eigenvalue weighted by atomic mass is 127. The number of nitrogens with one attached hydrogen (secondary N) is 2. The van der Waals surface area contributed by atoms with Crippen molar-refractivity contribution in [3.63, 3.8) is 0 Å². The van der Waals surface area contributed by atoms with Gasteiger partial charge in [0.15, 0.2) is 5.96 Å². The second-order valence-corrected chi connectivity index (χ2v) is 8.23. The van der Waals surface area contributed by atoms with Crippen LogP contribution in [0.2, 0.25) is 0 Å². The monoisotopic (exact) mass is 531 g/mol. The van der Waals surface area contributed by atoms with Crippen molar-refractivity contribution in [2.24, 2.45) is 4.99 Å². The summed E-state index contributed by atoms with van der Waals surface area (Å²) in [4.78, 5) is 9.59. The highest BCUT2D eigenvalue weighted by Crippen LogP contribution is 2.20. The molecule has 0 bridgehead atoms. The molecule has 1 aromatic rings. The van der Waals surface area contributed by atoms with Crippen molar-refractivity contribution >= 4 is 29.9 Å². The van der Waals surface area contributed by atoms with Crippen LogP contribution in [0.25, 0.3) is 0 Å². The highest BCUT2D eigenvalue weighted by Gasteiger charge is 2.29. The Bertz CT molecular complexity index is 599. The number of benzene rings is 1. The first-order valence-corrected chi connectivity index (χ1v) is 11.1. The zero-order chi connectivity index (χ0) is 21.1. The fourth-order valence-electron chi connectivity index (χ4n) is 3.81. The quantitative estimate of drug-likeness (QED) is 0.261. The van der Waals surface area contributed by atoms with Gasteiger partial charge in [0.25, 0.3) is 0 Å². The van der Waals surface area contributed by atoms with Crippen LogP contribution in [-0.2, 0) is 11.3 Å². The maximum absolute atomic E-state index is 5.89. The van der Waals surface area contributed by atoms with E-state index < -0.39 is 0 Å². The smallest absolute Gasteiger partial charge is 0.191 e. The zero-order valence-electron chi connectivity index (χ0n) is 19.4. The fourth-order valence-corrected chi connectivity index (χ4v) is 3.81. The minimum absolute atomic E-state index is 0. The van der Waals surface area contributed by atoms with E-state index in [0.717, 1.165) is 51.6 Å². The summed E-state index contributed by atoms with van der Waals surface area (Å²) >= 11 is 0. The van der Waals surface area contributed by atoms with Gasteiger partial charge in [-0.3, -0.25) is 9.89 Å². The molecule has 1 heterocycles. The lowest BCUT2D eigenvalue weighted by atomic mass is 10.2. The van der Waals surface area contributed by atoms with Crippen LogP contribution in [0.5, 0.6) is 0 Å². The van der Waals surface area contributed by atoms with Gasteiger partial charge in [-0.05, 0) is 53.3 Å². The fraction of sp³-hybridized carbons (Fsp3) is 0.696. The van der Waals surface area contributed by atoms with Crippen LogP contribution in [0.1, 0.15) is 39.2 Å². The van der Waals surface area contributed by atoms with Crippen LogP contribution in [-0.4, -0.2) is 80.8 Å². The van der Waals surface area contributed by atoms with Crippen LogP contribution in [0.4, 0.5) is 0 Å². The summed E-state index contributed by atoms with van der Waals surface area (Å²) in [5, 5.41) is 7.06. The Balaban J connectivity index is 0.00000450. The van der Waals surface area contributed by atoms with E-state index in [4.69, 9.17) is 9.73 Å². The Morgan fingerprint density at radius 3 is 2.63 bits per heavy atom. The molecule has 0 saturated carbocycles. The maximum Gasteiger partial charge on any atom is 0.191 e. The summed E-state index contributed by atoms with van der Waals surface area (Å²) in [6.07, 6.45) is 2.29. The third-order valence-electron chi connectivity index (χ3n) is 5.37. The van der Waals surface area contributed by atoms with Gasteiger partial charge >= 0.3 is 0 Å². The first-order valence-electron chi connectivity index (χ1n) is 11.1. The van der Waals surface area contributed by atoms with Gasteiger partial charge in [-0.15, -0.1) is 24.0 Å². The highest BCUT2D eigenvalue weighted by molar-refractivity contribution is 14.0. The molecule has 0 amide bonds. The van der Waals surface area contributed by atoms with Crippen molar-refractivity contribution in [2.45, 2.75) is 58.3 Å². The average molecular weight is 532 g/mol. The minimum Gasteiger partial charge on any atom is -0.377 e. The molecule has 2 rings (SSSR count). The van der Waals surface area contributed by atoms with Crippen LogP contribution in [0.3, 0.4) is 0 Å². The minimum atomic E-state index is 0. The molecule has 0 spiro atoms. The van der Waals surface area contributed by atoms with E-state index in [0.29, 0.717) is 18.6 Å². The van der Waals surface area contributed by atoms with Gasteiger partial charge in [0, 0.05) is 44.9 Å². The molecule has 1 saturated heterocycles. The number of nitrogens with zero attached hydrogens (tertiary/aromatic N) is 3. The average Bonchev–Trinajstić information content (AvgIpc) is 3.03. The third kappa shape index (κ3) is 9.94. The lowest BCUT2D eigenvalue weighted by molar-refractivity contribution is 0.0582. The molecule has 7 heteroatoms. The molecular weight excluding hydrogens is 489 g/mol. The van der Waals surface area contributed by atoms with E-state index in [1.807, 2.05) is 0 Å². The Morgan fingerprint density at radius 1 is 1.27 bits per heavy atom. The summed E-state index contributed by atoms with van der Waals surface area (Å²) < 4.78 is 5.89. The Morgan fingerprint density at radius 2 is 2.00 bits per heavy atom. The number of rotatable bonds is 11. The standard InChI is InChI=1S/C23H41N5O.HI/c1-6-24-23(25-16-22(29-7-2)13-14-27(4)5)26-21-15-19(3)28(18-21)17-20-11-9-8-10-12-20;/h8-12,19,21-22H,6-7,13-18H2,1-5H3,(H2,24,25,26);1H. The third-order valence-corrected chi connectivity index (χ3v) is 5.37. The van der Waals surface area contributed by atoms with Gasteiger partial charge in [0.1, 0.15) is 0 Å². The Hall–Kier alpha value is -0.900. The lowest BCUT2D eigenvalue weighted by Crippen LogP contribution is -2.45. The molecule has 3 unspecified atom stereocenters. The molecule has 3 atom stereocenters. The van der Waals surface area contributed by atoms with E-state index in [1.54, 1.807) is 0 Å². The number of ether oxygens (including phenoxy) is 1. The van der Waals surface area contributed by atoms with Crippen LogP contribution in [0.15, 0.2) is 35.3 Å². The molecule has 1 fully saturated rings. The SMILES string of the molecule is CCNC(=NCC(CCN(C)C)OCC)NC1CC(C)N(Cc2ccccc2)C1.I. The van der Waals surface area contributed by atoms with Crippen molar-refractivity contribution in [1.82, 2.24) is 20.4 Å². The summed E-state index contributed by atoms with van der Waals surface area (Å²) in [5.74, 6) is 0.904. The summed E-state index contributed by atoms with van der Waals surface area (Å²) in [6, 6.07) is 11.7. The molecule has 1 aliphatic rings. The van der Waals surface area contributed by atoms with Crippen molar-refractivity contribution in [2.75, 3.05) is 46.9 Å². The predicted molar refractivity (Wildman–Crippen MR) is 138 cm³/mol. The van der Waals surface area contributed by atoms with Gasteiger partial charge < -0.3 is 20.3 Å². The molecule has 0 radical (unpaired) electrons. The van der Waals surface area contributed by atoms with E-state index >= 15 is 0 Å². The van der Waals surface area contributed by atoms with Gasteiger partial charge in [-0.2, -0.15) is 0 Å². The first-order chi connectivity index (χ1) is 14.0. The molecule has 1 aliphatic heterocycles. The zero-order valence-corrected chi connectivity index (χ0v) is 21.8. The number of guanidine groups is 1. The van der Waals surface area contributed by atoms with Gasteiger partial charge in [-0.1, -0.05) is 30.3 Å². The number of likely N-dealkylation sites (tertiary alicyclic amines) is 1. The molecule has 30 heavy (non-hydrogen) atoms. The van der Waals surface area contributed by atoms with Crippen molar-refractivity contribution in [3.8, 4) is 0 Å². The topological polar surface area (TPSA) is 52.1 Å². The van der Waals surface area contributed by atoms with Crippen LogP contribution >= 0.6 is 24.0 Å². The van der Waals surface area contributed by atoms with Crippen molar-refractivity contribution in [1.29, 1.82) is 0 Å². The Kier molecular flexibility index (Phi) is 13.6. The molecule has 2 N–H and O–H groups in total. The predicted octanol–water partition coefficient (Wildman–Crippen LogP) is 3.18. The van der Waals surface area contributed by atoms with Gasteiger partial charge in [0.05, 0.1) is 12.6 Å². The molecule has 172 valence electrons. The number of aliphatic imine (C=N–C) groups is 1. The lowest BCUT2D eigenvalue weighted by Gasteiger charge is -2.21. The van der Waals surface area contributed by atoms with E-state index in [1.165, 1.54) is 5.56 Å². The summed E-state index contributed by atoms with van der Waals surface area (Å²) in [5.41, 5.74) is 1.38. The molecular formula is C23H42IN5O. The second kappa shape index (κ2) is 15.0. The first kappa shape index (κ1) is 27.1. The Labute approximate surface area is 200 Å².